The van der Waals surface area contributed by atoms with E-state index < -0.39 is 0 Å². The van der Waals surface area contributed by atoms with Gasteiger partial charge in [0.15, 0.2) is 0 Å². The van der Waals surface area contributed by atoms with Crippen LogP contribution in [0.1, 0.15) is 47.3 Å². The molecule has 2 aromatic carbocycles. The van der Waals surface area contributed by atoms with E-state index in [9.17, 15) is 19.7 Å². The first kappa shape index (κ1) is 25.8. The molecule has 2 aliphatic rings. The molecule has 2 saturated heterocycles. The van der Waals surface area contributed by atoms with Gasteiger partial charge in [0.25, 0.3) is 16.8 Å². The Morgan fingerprint density at radius 3 is 2.47 bits per heavy atom. The molecule has 3 aromatic rings. The number of nitrogens with zero attached hydrogens (tertiary/aromatic N) is 4. The minimum Gasteiger partial charge on any atom is -0.366 e. The lowest BCUT2D eigenvalue weighted by Gasteiger charge is -2.28. The molecule has 2 aliphatic heterocycles. The van der Waals surface area contributed by atoms with Crippen LogP contribution >= 0.6 is 11.8 Å². The van der Waals surface area contributed by atoms with Gasteiger partial charge in [0.05, 0.1) is 22.1 Å². The maximum atomic E-state index is 13.1. The number of nitro groups is 1. The number of rotatable bonds is 6. The van der Waals surface area contributed by atoms with E-state index in [1.807, 2.05) is 67.8 Å². The first-order valence-electron chi connectivity index (χ1n) is 12.8. The van der Waals surface area contributed by atoms with Crippen LogP contribution in [0.2, 0.25) is 0 Å². The fraction of sp³-hybridized carbons (Fsp3) is 0.310. The number of anilines is 1. The van der Waals surface area contributed by atoms with Crippen LogP contribution in [0.25, 0.3) is 11.8 Å². The Morgan fingerprint density at radius 1 is 1.00 bits per heavy atom. The molecule has 0 unspecified atom stereocenters. The summed E-state index contributed by atoms with van der Waals surface area (Å²) in [5.74, 6) is -0.312. The summed E-state index contributed by atoms with van der Waals surface area (Å²) in [6.07, 6.45) is 4.97. The monoisotopic (exact) mass is 530 g/mol. The second-order valence-electron chi connectivity index (χ2n) is 9.90. The molecular formula is C29H30N4O4S. The van der Waals surface area contributed by atoms with Crippen molar-refractivity contribution < 1.29 is 14.5 Å². The van der Waals surface area contributed by atoms with Gasteiger partial charge < -0.3 is 9.47 Å². The number of aromatic nitrogens is 1. The lowest BCUT2D eigenvalue weighted by Crippen LogP contribution is -2.30. The van der Waals surface area contributed by atoms with E-state index in [2.05, 4.69) is 4.90 Å². The molecule has 3 heterocycles. The lowest BCUT2D eigenvalue weighted by molar-refractivity contribution is -0.384. The Balaban J connectivity index is 1.44. The number of carbonyl (C=O) groups is 2. The van der Waals surface area contributed by atoms with Gasteiger partial charge in [0.2, 0.25) is 0 Å². The highest BCUT2D eigenvalue weighted by atomic mass is 32.2. The number of benzene rings is 2. The number of hydrogen-bond acceptors (Lipinski definition) is 6. The maximum absolute atomic E-state index is 13.1. The van der Waals surface area contributed by atoms with E-state index in [-0.39, 0.29) is 28.3 Å². The van der Waals surface area contributed by atoms with Crippen molar-refractivity contribution in [3.8, 4) is 5.69 Å². The van der Waals surface area contributed by atoms with E-state index in [1.54, 1.807) is 12.1 Å². The first-order valence-corrected chi connectivity index (χ1v) is 13.6. The Morgan fingerprint density at radius 2 is 1.76 bits per heavy atom. The molecule has 196 valence electrons. The van der Waals surface area contributed by atoms with Gasteiger partial charge in [-0.3, -0.25) is 24.6 Å². The summed E-state index contributed by atoms with van der Waals surface area (Å²) in [5, 5.41) is 11.7. The molecule has 1 aromatic heterocycles. The van der Waals surface area contributed by atoms with Crippen LogP contribution < -0.4 is 4.90 Å². The van der Waals surface area contributed by atoms with Gasteiger partial charge in [-0.2, -0.15) is 0 Å². The fourth-order valence-electron chi connectivity index (χ4n) is 5.30. The van der Waals surface area contributed by atoms with Crippen LogP contribution in [0.5, 0.6) is 0 Å². The second-order valence-corrected chi connectivity index (χ2v) is 10.9. The molecule has 38 heavy (non-hydrogen) atoms. The molecule has 0 N–H and O–H groups in total. The topological polar surface area (TPSA) is 88.7 Å². The van der Waals surface area contributed by atoms with Gasteiger partial charge in [-0.25, -0.2) is 0 Å². The van der Waals surface area contributed by atoms with E-state index in [0.29, 0.717) is 16.3 Å². The van der Waals surface area contributed by atoms with Crippen molar-refractivity contribution in [2.75, 3.05) is 18.0 Å². The number of piperidine rings is 1. The Bertz CT molecular complexity index is 1470. The number of nitro benzene ring substituents is 1. The van der Waals surface area contributed by atoms with Crippen molar-refractivity contribution in [2.24, 2.45) is 0 Å². The Hall–Kier alpha value is -3.85. The molecule has 5 rings (SSSR count). The van der Waals surface area contributed by atoms with Gasteiger partial charge >= 0.3 is 0 Å². The van der Waals surface area contributed by atoms with Crippen LogP contribution in [0.3, 0.4) is 0 Å². The van der Waals surface area contributed by atoms with Gasteiger partial charge in [-0.15, -0.1) is 0 Å². The minimum atomic E-state index is -0.313. The summed E-state index contributed by atoms with van der Waals surface area (Å²) in [5.41, 5.74) is 5.94. The highest BCUT2D eigenvalue weighted by molar-refractivity contribution is 8.18. The highest BCUT2D eigenvalue weighted by Gasteiger charge is 2.35. The zero-order valence-corrected chi connectivity index (χ0v) is 22.6. The summed E-state index contributed by atoms with van der Waals surface area (Å²) in [7, 11) is 0. The molecule has 0 radical (unpaired) electrons. The van der Waals surface area contributed by atoms with E-state index in [4.69, 9.17) is 0 Å². The molecule has 0 atom stereocenters. The van der Waals surface area contributed by atoms with Crippen LogP contribution in [0, 0.1) is 30.9 Å². The maximum Gasteiger partial charge on any atom is 0.294 e. The summed E-state index contributed by atoms with van der Waals surface area (Å²) < 4.78 is 1.95. The van der Waals surface area contributed by atoms with Gasteiger partial charge in [0.1, 0.15) is 5.69 Å². The molecule has 0 saturated carbocycles. The summed E-state index contributed by atoms with van der Waals surface area (Å²) >= 11 is 0.938. The number of imide groups is 1. The predicted molar refractivity (Wildman–Crippen MR) is 151 cm³/mol. The Kier molecular flexibility index (Phi) is 7.12. The second kappa shape index (κ2) is 10.5. The Labute approximate surface area is 226 Å². The highest BCUT2D eigenvalue weighted by Crippen LogP contribution is 2.36. The van der Waals surface area contributed by atoms with Crippen molar-refractivity contribution in [1.82, 2.24) is 9.47 Å². The average Bonchev–Trinajstić information content (AvgIpc) is 3.32. The van der Waals surface area contributed by atoms with E-state index >= 15 is 0 Å². The molecule has 2 fully saturated rings. The third-order valence-corrected chi connectivity index (χ3v) is 8.07. The van der Waals surface area contributed by atoms with Crippen LogP contribution in [-0.4, -0.2) is 38.6 Å². The molecule has 9 heteroatoms. The molecule has 0 spiro atoms. The summed E-state index contributed by atoms with van der Waals surface area (Å²) in [6.45, 7) is 7.70. The van der Waals surface area contributed by atoms with Crippen molar-refractivity contribution in [3.05, 3.63) is 91.6 Å². The third kappa shape index (κ3) is 4.98. The molecule has 0 bridgehead atoms. The third-order valence-electron chi connectivity index (χ3n) is 7.16. The largest absolute Gasteiger partial charge is 0.366 e. The molecular weight excluding hydrogens is 500 g/mol. The van der Waals surface area contributed by atoms with Gasteiger partial charge in [-0.1, -0.05) is 29.8 Å². The number of amides is 2. The minimum absolute atomic E-state index is 0.0933. The van der Waals surface area contributed by atoms with Crippen LogP contribution in [0.4, 0.5) is 16.2 Å². The number of carbonyl (C=O) groups excluding carboxylic acids is 2. The zero-order chi connectivity index (χ0) is 27.0. The smallest absolute Gasteiger partial charge is 0.294 e. The SMILES string of the molecule is Cc1cccc(CN2C(=O)S/C(=C\c3cc(C)n(-c4ccc(N5CCCCC5)c([N+](=O)[O-])c4)c3C)C2=O)c1. The fourth-order valence-corrected chi connectivity index (χ4v) is 6.13. The van der Waals surface area contributed by atoms with Gasteiger partial charge in [-0.05, 0) is 87.2 Å². The zero-order valence-electron chi connectivity index (χ0n) is 21.8. The lowest BCUT2D eigenvalue weighted by atomic mass is 10.1. The van der Waals surface area contributed by atoms with Gasteiger partial charge in [0, 0.05) is 30.5 Å². The standard InChI is InChI=1S/C29H30N4O4S/c1-19-8-7-9-22(14-19)18-31-28(34)27(38-29(31)35)16-23-15-20(2)32(21(23)3)24-10-11-25(26(17-24)33(36)37)30-12-5-4-6-13-30/h7-11,14-17H,4-6,12-13,18H2,1-3H3/b27-16-. The van der Waals surface area contributed by atoms with E-state index in [0.717, 1.165) is 72.2 Å². The first-order chi connectivity index (χ1) is 18.2. The molecule has 2 amide bonds. The molecule has 0 aliphatic carbocycles. The number of thioether (sulfide) groups is 1. The van der Waals surface area contributed by atoms with Crippen molar-refractivity contribution in [1.29, 1.82) is 0 Å². The van der Waals surface area contributed by atoms with Crippen molar-refractivity contribution >= 4 is 40.4 Å². The van der Waals surface area contributed by atoms with E-state index in [1.165, 1.54) is 4.90 Å². The number of aryl methyl sites for hydroxylation is 2. The predicted octanol–water partition coefficient (Wildman–Crippen LogP) is 6.54. The van der Waals surface area contributed by atoms with Crippen LogP contribution in [-0.2, 0) is 11.3 Å². The van der Waals surface area contributed by atoms with Crippen molar-refractivity contribution in [2.45, 2.75) is 46.6 Å². The normalized spacial score (nSPS) is 17.1. The average molecular weight is 531 g/mol. The molecule has 8 nitrogen and oxygen atoms in total. The van der Waals surface area contributed by atoms with Crippen LogP contribution in [0.15, 0.2) is 53.4 Å². The number of hydrogen-bond donors (Lipinski definition) is 0. The van der Waals surface area contributed by atoms with Crippen molar-refractivity contribution in [3.63, 3.8) is 0 Å². The summed E-state index contributed by atoms with van der Waals surface area (Å²) in [4.78, 5) is 41.2. The quantitative estimate of drug-likeness (QED) is 0.204. The summed E-state index contributed by atoms with van der Waals surface area (Å²) in [6, 6.07) is 15.1.